The van der Waals surface area contributed by atoms with Gasteiger partial charge in [0.15, 0.2) is 11.5 Å². The number of likely N-dealkylation sites (N-methyl/N-ethyl adjacent to an activating group) is 1. The smallest absolute Gasteiger partial charge is 0.254 e. The molecule has 1 N–H and O–H groups in total. The van der Waals surface area contributed by atoms with Gasteiger partial charge in [-0.3, -0.25) is 14.6 Å². The van der Waals surface area contributed by atoms with Crippen LogP contribution in [-0.4, -0.2) is 43.0 Å². The molecule has 0 spiro atoms. The van der Waals surface area contributed by atoms with E-state index in [1.807, 2.05) is 29.6 Å². The van der Waals surface area contributed by atoms with Gasteiger partial charge in [-0.05, 0) is 40.8 Å². The largest absolute Gasteiger partial charge is 0.493 e. The summed E-state index contributed by atoms with van der Waals surface area (Å²) in [6.07, 6.45) is 3.41. The van der Waals surface area contributed by atoms with Crippen molar-refractivity contribution in [2.45, 2.75) is 18.5 Å². The van der Waals surface area contributed by atoms with Gasteiger partial charge in [-0.25, -0.2) is 0 Å². The number of carbonyl (C=O) groups is 2. The van der Waals surface area contributed by atoms with Crippen molar-refractivity contribution in [3.8, 4) is 11.5 Å². The third-order valence-electron chi connectivity index (χ3n) is 5.48. The molecular formula is C23H23N3O4S. The number of rotatable bonds is 6. The summed E-state index contributed by atoms with van der Waals surface area (Å²) in [7, 11) is 4.79. The highest BCUT2D eigenvalue weighted by Crippen LogP contribution is 2.46. The summed E-state index contributed by atoms with van der Waals surface area (Å²) in [6.45, 7) is 0.348. The second kappa shape index (κ2) is 8.77. The first kappa shape index (κ1) is 20.9. The normalized spacial score (nSPS) is 17.8. The minimum atomic E-state index is -0.604. The zero-order valence-corrected chi connectivity index (χ0v) is 18.3. The van der Waals surface area contributed by atoms with Crippen LogP contribution < -0.4 is 14.8 Å². The number of benzene rings is 1. The van der Waals surface area contributed by atoms with E-state index in [-0.39, 0.29) is 11.8 Å². The molecule has 2 amide bonds. The summed E-state index contributed by atoms with van der Waals surface area (Å²) >= 11 is 1.52. The molecule has 1 aliphatic heterocycles. The molecule has 0 radical (unpaired) electrons. The fourth-order valence-corrected chi connectivity index (χ4v) is 4.85. The molecule has 3 aromatic rings. The number of thiophene rings is 1. The van der Waals surface area contributed by atoms with E-state index in [1.54, 1.807) is 36.5 Å². The Morgan fingerprint density at radius 2 is 1.97 bits per heavy atom. The maximum Gasteiger partial charge on any atom is 0.254 e. The van der Waals surface area contributed by atoms with Crippen molar-refractivity contribution < 1.29 is 19.1 Å². The summed E-state index contributed by atoms with van der Waals surface area (Å²) in [5.74, 6) is -0.00533. The van der Waals surface area contributed by atoms with Crippen molar-refractivity contribution in [2.24, 2.45) is 0 Å². The molecule has 1 aliphatic rings. The molecule has 0 saturated carbocycles. The van der Waals surface area contributed by atoms with E-state index in [0.29, 0.717) is 29.2 Å². The van der Waals surface area contributed by atoms with E-state index in [4.69, 9.17) is 9.47 Å². The Morgan fingerprint density at radius 3 is 2.61 bits per heavy atom. The number of methoxy groups -OCH3 is 2. The number of nitrogens with one attached hydrogen (secondary N) is 1. The Kier molecular flexibility index (Phi) is 5.90. The maximum atomic E-state index is 13.5. The van der Waals surface area contributed by atoms with E-state index in [9.17, 15) is 9.59 Å². The van der Waals surface area contributed by atoms with E-state index >= 15 is 0 Å². The number of amides is 2. The first-order valence-corrected chi connectivity index (χ1v) is 10.7. The number of hydrogen-bond acceptors (Lipinski definition) is 6. The minimum Gasteiger partial charge on any atom is -0.493 e. The first-order valence-electron chi connectivity index (χ1n) is 9.78. The van der Waals surface area contributed by atoms with Gasteiger partial charge < -0.3 is 19.7 Å². The van der Waals surface area contributed by atoms with Crippen LogP contribution >= 0.6 is 11.3 Å². The number of aromatic nitrogens is 1. The van der Waals surface area contributed by atoms with Crippen LogP contribution in [0.2, 0.25) is 0 Å². The lowest BCUT2D eigenvalue weighted by atomic mass is 9.81. The Bertz CT molecular complexity index is 1090. The van der Waals surface area contributed by atoms with Crippen LogP contribution in [0.3, 0.4) is 0 Å². The Hall–Kier alpha value is -3.39. The molecular weight excluding hydrogens is 414 g/mol. The van der Waals surface area contributed by atoms with Gasteiger partial charge in [-0.15, -0.1) is 11.3 Å². The van der Waals surface area contributed by atoms with Crippen LogP contribution in [0.1, 0.15) is 38.3 Å². The van der Waals surface area contributed by atoms with Crippen LogP contribution in [0.4, 0.5) is 0 Å². The molecule has 0 bridgehead atoms. The Balaban J connectivity index is 1.79. The van der Waals surface area contributed by atoms with Crippen molar-refractivity contribution in [1.29, 1.82) is 0 Å². The fraction of sp³-hybridized carbons (Fsp3) is 0.261. The predicted molar refractivity (Wildman–Crippen MR) is 118 cm³/mol. The highest BCUT2D eigenvalue weighted by molar-refractivity contribution is 7.10. The molecule has 4 rings (SSSR count). The lowest BCUT2D eigenvalue weighted by Crippen LogP contribution is -2.45. The van der Waals surface area contributed by atoms with Gasteiger partial charge in [0.1, 0.15) is 0 Å². The number of nitrogens with zero attached hydrogens (tertiary/aromatic N) is 2. The summed E-state index contributed by atoms with van der Waals surface area (Å²) in [5, 5.41) is 4.97. The molecule has 0 fully saturated rings. The number of fused-ring (bicyclic) bond motifs is 1. The molecule has 8 heteroatoms. The first-order chi connectivity index (χ1) is 15.0. The van der Waals surface area contributed by atoms with Crippen LogP contribution in [0.5, 0.6) is 11.5 Å². The summed E-state index contributed by atoms with van der Waals surface area (Å²) in [5.41, 5.74) is 1.97. The second-order valence-corrected chi connectivity index (χ2v) is 8.21. The van der Waals surface area contributed by atoms with Gasteiger partial charge >= 0.3 is 0 Å². The topological polar surface area (TPSA) is 80.8 Å². The minimum absolute atomic E-state index is 0.161. The molecule has 0 unspecified atom stereocenters. The summed E-state index contributed by atoms with van der Waals surface area (Å²) in [6, 6.07) is 10.6. The van der Waals surface area contributed by atoms with Crippen LogP contribution in [0.15, 0.2) is 54.2 Å². The highest BCUT2D eigenvalue weighted by Gasteiger charge is 2.44. The van der Waals surface area contributed by atoms with Crippen molar-refractivity contribution >= 4 is 23.2 Å². The summed E-state index contributed by atoms with van der Waals surface area (Å²) in [4.78, 5) is 33.4. The highest BCUT2D eigenvalue weighted by atomic mass is 32.1. The zero-order chi connectivity index (χ0) is 22.0. The molecule has 0 aliphatic carbocycles. The molecule has 0 saturated heterocycles. The third-order valence-corrected chi connectivity index (χ3v) is 6.42. The lowest BCUT2D eigenvalue weighted by Gasteiger charge is -2.39. The van der Waals surface area contributed by atoms with Gasteiger partial charge in [-0.2, -0.15) is 0 Å². The fourth-order valence-electron chi connectivity index (χ4n) is 3.95. The lowest BCUT2D eigenvalue weighted by molar-refractivity contribution is -0.124. The van der Waals surface area contributed by atoms with Crippen LogP contribution in [-0.2, 0) is 11.3 Å². The number of pyridine rings is 1. The van der Waals surface area contributed by atoms with E-state index in [0.717, 1.165) is 10.4 Å². The average Bonchev–Trinajstić information content (AvgIpc) is 3.34. The zero-order valence-electron chi connectivity index (χ0n) is 17.5. The predicted octanol–water partition coefficient (Wildman–Crippen LogP) is 3.39. The molecule has 1 aromatic carbocycles. The molecule has 3 heterocycles. The molecule has 7 nitrogen and oxygen atoms in total. The molecule has 160 valence electrons. The Morgan fingerprint density at radius 1 is 1.19 bits per heavy atom. The van der Waals surface area contributed by atoms with Gasteiger partial charge in [-0.1, -0.05) is 12.1 Å². The van der Waals surface area contributed by atoms with Gasteiger partial charge in [0, 0.05) is 36.4 Å². The molecule has 2 aromatic heterocycles. The second-order valence-electron chi connectivity index (χ2n) is 7.23. The van der Waals surface area contributed by atoms with E-state index in [2.05, 4.69) is 10.3 Å². The standard InChI is InChI=1S/C23H23N3O4S/c1-26-21(19-7-5-9-31-19)20(22(27)25-13-14-6-4-8-24-12-14)15-10-17(29-2)18(30-3)11-16(15)23(26)28/h4-12,20-21H,13H2,1-3H3,(H,25,27)/t20-,21-/m0/s1. The van der Waals surface area contributed by atoms with Crippen molar-refractivity contribution in [2.75, 3.05) is 21.3 Å². The molecule has 31 heavy (non-hydrogen) atoms. The van der Waals surface area contributed by atoms with Gasteiger partial charge in [0.2, 0.25) is 5.91 Å². The monoisotopic (exact) mass is 437 g/mol. The Labute approximate surface area is 184 Å². The third kappa shape index (κ3) is 3.86. The van der Waals surface area contributed by atoms with Crippen LogP contribution in [0, 0.1) is 0 Å². The number of hydrogen-bond donors (Lipinski definition) is 1. The average molecular weight is 438 g/mol. The van der Waals surface area contributed by atoms with Crippen molar-refractivity contribution in [3.63, 3.8) is 0 Å². The summed E-state index contributed by atoms with van der Waals surface area (Å²) < 4.78 is 10.8. The van der Waals surface area contributed by atoms with Gasteiger partial charge in [0.05, 0.1) is 26.2 Å². The van der Waals surface area contributed by atoms with Crippen LogP contribution in [0.25, 0.3) is 0 Å². The SMILES string of the molecule is COc1cc2c(cc1OC)[C@H](C(=O)NCc1cccnc1)[C@H](c1cccs1)N(C)C2=O. The quantitative estimate of drug-likeness (QED) is 0.639. The van der Waals surface area contributed by atoms with Gasteiger partial charge in [0.25, 0.3) is 5.91 Å². The van der Waals surface area contributed by atoms with Crippen molar-refractivity contribution in [3.05, 3.63) is 75.7 Å². The van der Waals surface area contributed by atoms with E-state index in [1.165, 1.54) is 25.6 Å². The number of ether oxygens (including phenoxy) is 2. The molecule has 2 atom stereocenters. The number of carbonyl (C=O) groups excluding carboxylic acids is 2. The maximum absolute atomic E-state index is 13.5. The van der Waals surface area contributed by atoms with E-state index < -0.39 is 12.0 Å². The van der Waals surface area contributed by atoms with Crippen molar-refractivity contribution in [1.82, 2.24) is 15.2 Å².